The smallest absolute Gasteiger partial charge is 0.252 e. The zero-order valence-corrected chi connectivity index (χ0v) is 19.9. The lowest BCUT2D eigenvalue weighted by Crippen LogP contribution is -2.44. The number of hydrogen-bond donors (Lipinski definition) is 1. The molecule has 0 spiro atoms. The Bertz CT molecular complexity index is 1300. The molecule has 1 saturated heterocycles. The average molecular weight is 471 g/mol. The van der Waals surface area contributed by atoms with Crippen molar-refractivity contribution < 1.29 is 4.79 Å². The molecular weight excluding hydrogens is 444 g/mol. The summed E-state index contributed by atoms with van der Waals surface area (Å²) in [6.45, 7) is 4.81. The van der Waals surface area contributed by atoms with Crippen LogP contribution in [0.3, 0.4) is 0 Å². The quantitative estimate of drug-likeness (QED) is 0.409. The fraction of sp³-hybridized carbons (Fsp3) is 0.250. The largest absolute Gasteiger partial charge is 0.349 e. The van der Waals surface area contributed by atoms with E-state index in [-0.39, 0.29) is 11.9 Å². The molecule has 0 saturated carbocycles. The van der Waals surface area contributed by atoms with E-state index in [4.69, 9.17) is 16.6 Å². The Morgan fingerprint density at radius 2 is 1.79 bits per heavy atom. The van der Waals surface area contributed by atoms with Gasteiger partial charge in [-0.3, -0.25) is 14.7 Å². The summed E-state index contributed by atoms with van der Waals surface area (Å²) >= 11 is 6.38. The lowest BCUT2D eigenvalue weighted by Gasteiger charge is -2.32. The van der Waals surface area contributed by atoms with Crippen LogP contribution in [0.4, 0.5) is 0 Å². The Balaban J connectivity index is 1.36. The van der Waals surface area contributed by atoms with E-state index in [2.05, 4.69) is 39.5 Å². The van der Waals surface area contributed by atoms with Gasteiger partial charge >= 0.3 is 0 Å². The van der Waals surface area contributed by atoms with E-state index in [0.717, 1.165) is 54.6 Å². The molecule has 5 rings (SSSR count). The molecule has 1 fully saturated rings. The van der Waals surface area contributed by atoms with Crippen LogP contribution in [-0.2, 0) is 6.54 Å². The molecule has 1 aliphatic rings. The molecule has 1 N–H and O–H groups in total. The van der Waals surface area contributed by atoms with Crippen molar-refractivity contribution in [3.63, 3.8) is 0 Å². The topological polar surface area (TPSA) is 58.1 Å². The number of rotatable bonds is 5. The van der Waals surface area contributed by atoms with Crippen molar-refractivity contribution >= 4 is 28.4 Å². The van der Waals surface area contributed by atoms with Crippen molar-refractivity contribution in [3.8, 4) is 11.4 Å². The van der Waals surface area contributed by atoms with Crippen LogP contribution in [0.25, 0.3) is 22.3 Å². The summed E-state index contributed by atoms with van der Waals surface area (Å²) in [5, 5.41) is 4.72. The van der Waals surface area contributed by atoms with E-state index in [1.165, 1.54) is 5.56 Å². The molecule has 172 valence electrons. The number of aromatic nitrogens is 2. The molecule has 6 heteroatoms. The number of piperidine rings is 1. The summed E-state index contributed by atoms with van der Waals surface area (Å²) in [6.07, 6.45) is 3.59. The first-order chi connectivity index (χ1) is 16.6. The fourth-order valence-electron chi connectivity index (χ4n) is 4.58. The number of hydrogen-bond acceptors (Lipinski definition) is 4. The molecule has 0 radical (unpaired) electrons. The molecule has 3 heterocycles. The number of nitrogens with one attached hydrogen (secondary N) is 1. The molecule has 2 aromatic carbocycles. The van der Waals surface area contributed by atoms with Crippen LogP contribution in [0.1, 0.15) is 34.3 Å². The third-order valence-electron chi connectivity index (χ3n) is 6.51. The average Bonchev–Trinajstić information content (AvgIpc) is 2.88. The van der Waals surface area contributed by atoms with Gasteiger partial charge in [0.25, 0.3) is 5.91 Å². The molecule has 2 aromatic heterocycles. The number of pyridine rings is 2. The van der Waals surface area contributed by atoms with E-state index < -0.39 is 0 Å². The Morgan fingerprint density at radius 3 is 2.53 bits per heavy atom. The molecule has 4 aromatic rings. The van der Waals surface area contributed by atoms with Gasteiger partial charge in [0.05, 0.1) is 22.5 Å². The van der Waals surface area contributed by atoms with Gasteiger partial charge in [-0.05, 0) is 55.2 Å². The van der Waals surface area contributed by atoms with Gasteiger partial charge in [0.2, 0.25) is 0 Å². The minimum atomic E-state index is -0.0761. The summed E-state index contributed by atoms with van der Waals surface area (Å²) in [6, 6.07) is 21.9. The summed E-state index contributed by atoms with van der Waals surface area (Å²) in [5.74, 6) is -0.0761. The Kier molecular flexibility index (Phi) is 6.57. The number of benzene rings is 2. The van der Waals surface area contributed by atoms with Crippen molar-refractivity contribution in [3.05, 3.63) is 94.6 Å². The number of amides is 1. The molecule has 0 aliphatic carbocycles. The Hall–Kier alpha value is -3.28. The van der Waals surface area contributed by atoms with Gasteiger partial charge in [-0.15, -0.1) is 0 Å². The van der Waals surface area contributed by atoms with Crippen LogP contribution in [-0.4, -0.2) is 39.9 Å². The molecular formula is C28H27ClN4O. The minimum absolute atomic E-state index is 0.0761. The van der Waals surface area contributed by atoms with E-state index in [9.17, 15) is 4.79 Å². The SMILES string of the molecule is Cc1c(Cl)ccc2c(C(=O)NC3CCN(Cc4ccccc4)CC3)cc(-c3ccccn3)nc12. The first-order valence-corrected chi connectivity index (χ1v) is 12.0. The third kappa shape index (κ3) is 4.81. The second-order valence-electron chi connectivity index (χ2n) is 8.85. The van der Waals surface area contributed by atoms with Crippen LogP contribution in [0.2, 0.25) is 5.02 Å². The molecule has 0 bridgehead atoms. The van der Waals surface area contributed by atoms with Crippen LogP contribution >= 0.6 is 11.6 Å². The number of aryl methyl sites for hydroxylation is 1. The highest BCUT2D eigenvalue weighted by molar-refractivity contribution is 6.32. The van der Waals surface area contributed by atoms with Crippen molar-refractivity contribution in [1.29, 1.82) is 0 Å². The summed E-state index contributed by atoms with van der Waals surface area (Å²) in [7, 11) is 0. The van der Waals surface area contributed by atoms with Gasteiger partial charge in [0.15, 0.2) is 0 Å². The van der Waals surface area contributed by atoms with Gasteiger partial charge in [0, 0.05) is 42.3 Å². The summed E-state index contributed by atoms with van der Waals surface area (Å²) in [5.41, 5.74) is 4.92. The van der Waals surface area contributed by atoms with Crippen LogP contribution in [0, 0.1) is 6.92 Å². The number of nitrogens with zero attached hydrogens (tertiary/aromatic N) is 3. The molecule has 0 unspecified atom stereocenters. The van der Waals surface area contributed by atoms with Crippen molar-refractivity contribution in [2.75, 3.05) is 13.1 Å². The van der Waals surface area contributed by atoms with Crippen molar-refractivity contribution in [2.24, 2.45) is 0 Å². The van der Waals surface area contributed by atoms with Gasteiger partial charge in [-0.1, -0.05) is 54.1 Å². The molecule has 0 atom stereocenters. The maximum Gasteiger partial charge on any atom is 0.252 e. The maximum atomic E-state index is 13.5. The van der Waals surface area contributed by atoms with E-state index >= 15 is 0 Å². The summed E-state index contributed by atoms with van der Waals surface area (Å²) in [4.78, 5) is 25.2. The Labute approximate surface area is 204 Å². The van der Waals surface area contributed by atoms with Crippen LogP contribution in [0.5, 0.6) is 0 Å². The number of fused-ring (bicyclic) bond motifs is 1. The van der Waals surface area contributed by atoms with Crippen molar-refractivity contribution in [2.45, 2.75) is 32.4 Å². The van der Waals surface area contributed by atoms with E-state index in [1.54, 1.807) is 6.20 Å². The van der Waals surface area contributed by atoms with Crippen molar-refractivity contribution in [1.82, 2.24) is 20.2 Å². The number of carbonyl (C=O) groups excluding carboxylic acids is 1. The second-order valence-corrected chi connectivity index (χ2v) is 9.26. The predicted molar refractivity (Wildman–Crippen MR) is 137 cm³/mol. The third-order valence-corrected chi connectivity index (χ3v) is 6.92. The highest BCUT2D eigenvalue weighted by Crippen LogP contribution is 2.30. The standard InChI is InChI=1S/C28H27ClN4O/c1-19-24(29)11-10-22-23(17-26(32-27(19)22)25-9-5-6-14-30-25)28(34)31-21-12-15-33(16-13-21)18-20-7-3-2-4-8-20/h2-11,14,17,21H,12-13,15-16,18H2,1H3,(H,31,34). The molecule has 1 amide bonds. The molecule has 5 nitrogen and oxygen atoms in total. The molecule has 34 heavy (non-hydrogen) atoms. The monoisotopic (exact) mass is 470 g/mol. The maximum absolute atomic E-state index is 13.5. The summed E-state index contributed by atoms with van der Waals surface area (Å²) < 4.78 is 0. The Morgan fingerprint density at radius 1 is 1.03 bits per heavy atom. The zero-order valence-electron chi connectivity index (χ0n) is 19.2. The highest BCUT2D eigenvalue weighted by atomic mass is 35.5. The fourth-order valence-corrected chi connectivity index (χ4v) is 4.73. The zero-order chi connectivity index (χ0) is 23.5. The number of halogens is 1. The predicted octanol–water partition coefficient (Wildman–Crippen LogP) is 5.65. The lowest BCUT2D eigenvalue weighted by atomic mass is 10.0. The second kappa shape index (κ2) is 9.92. The minimum Gasteiger partial charge on any atom is -0.349 e. The highest BCUT2D eigenvalue weighted by Gasteiger charge is 2.23. The molecule has 1 aliphatic heterocycles. The van der Waals surface area contributed by atoms with E-state index in [1.807, 2.05) is 49.4 Å². The first-order valence-electron chi connectivity index (χ1n) is 11.7. The normalized spacial score (nSPS) is 14.9. The lowest BCUT2D eigenvalue weighted by molar-refractivity contribution is 0.0910. The van der Waals surface area contributed by atoms with Gasteiger partial charge in [-0.2, -0.15) is 0 Å². The van der Waals surface area contributed by atoms with Crippen LogP contribution in [0.15, 0.2) is 72.9 Å². The number of likely N-dealkylation sites (tertiary alicyclic amines) is 1. The van der Waals surface area contributed by atoms with E-state index in [0.29, 0.717) is 16.3 Å². The first kappa shape index (κ1) is 22.5. The van der Waals surface area contributed by atoms with Gasteiger partial charge in [0.1, 0.15) is 0 Å². The van der Waals surface area contributed by atoms with Crippen LogP contribution < -0.4 is 5.32 Å². The number of carbonyl (C=O) groups is 1. The van der Waals surface area contributed by atoms with Gasteiger partial charge < -0.3 is 5.32 Å². The van der Waals surface area contributed by atoms with Gasteiger partial charge in [-0.25, -0.2) is 4.98 Å².